The number of carbonyl (C=O) groups excluding carboxylic acids is 1. The van der Waals surface area contributed by atoms with Gasteiger partial charge in [0.05, 0.1) is 6.04 Å². The quantitative estimate of drug-likeness (QED) is 0.918. The third-order valence-corrected chi connectivity index (χ3v) is 4.85. The molecule has 1 amide bonds. The van der Waals surface area contributed by atoms with E-state index < -0.39 is 0 Å². The second kappa shape index (κ2) is 5.86. The van der Waals surface area contributed by atoms with Crippen molar-refractivity contribution in [2.45, 2.75) is 59.7 Å². The van der Waals surface area contributed by atoms with Gasteiger partial charge in [-0.2, -0.15) is 0 Å². The van der Waals surface area contributed by atoms with Crippen LogP contribution in [0.1, 0.15) is 56.5 Å². The first kappa shape index (κ1) is 15.5. The van der Waals surface area contributed by atoms with Crippen LogP contribution < -0.4 is 5.32 Å². The molecule has 0 saturated carbocycles. The van der Waals surface area contributed by atoms with E-state index in [1.54, 1.807) is 11.3 Å². The third kappa shape index (κ3) is 3.41. The minimum atomic E-state index is -0.0256. The first-order chi connectivity index (χ1) is 9.31. The summed E-state index contributed by atoms with van der Waals surface area (Å²) < 4.78 is 0. The van der Waals surface area contributed by atoms with Gasteiger partial charge in [0, 0.05) is 16.3 Å². The van der Waals surface area contributed by atoms with Crippen molar-refractivity contribution < 1.29 is 4.79 Å². The predicted octanol–water partition coefficient (Wildman–Crippen LogP) is 3.70. The van der Waals surface area contributed by atoms with E-state index >= 15 is 0 Å². The average Bonchev–Trinajstić information content (AvgIpc) is 2.90. The van der Waals surface area contributed by atoms with Crippen molar-refractivity contribution in [3.05, 3.63) is 21.9 Å². The Kier molecular flexibility index (Phi) is 4.55. The lowest BCUT2D eigenvalue weighted by atomic mass is 9.92. The molecule has 0 radical (unpaired) electrons. The molecule has 0 bridgehead atoms. The van der Waals surface area contributed by atoms with Crippen LogP contribution >= 0.6 is 11.3 Å². The molecule has 1 aromatic heterocycles. The molecule has 2 atom stereocenters. The summed E-state index contributed by atoms with van der Waals surface area (Å²) in [7, 11) is 0. The summed E-state index contributed by atoms with van der Waals surface area (Å²) in [6.07, 6.45) is 1.94. The van der Waals surface area contributed by atoms with Gasteiger partial charge < -0.3 is 4.90 Å². The Morgan fingerprint density at radius 2 is 2.05 bits per heavy atom. The Balaban J connectivity index is 2.17. The largest absolute Gasteiger partial charge is 0.321 e. The maximum Gasteiger partial charge on any atom is 0.241 e. The zero-order valence-corrected chi connectivity index (χ0v) is 14.0. The second-order valence-electron chi connectivity index (χ2n) is 6.82. The van der Waals surface area contributed by atoms with Gasteiger partial charge in [-0.1, -0.05) is 27.7 Å². The fourth-order valence-corrected chi connectivity index (χ4v) is 3.45. The SMILES string of the molecule is CCC1NC(c2ccc(C)s2)N(CCC(C)(C)C)C1=O. The van der Waals surface area contributed by atoms with Crippen molar-refractivity contribution in [1.82, 2.24) is 10.2 Å². The summed E-state index contributed by atoms with van der Waals surface area (Å²) in [6.45, 7) is 11.7. The molecular weight excluding hydrogens is 268 g/mol. The van der Waals surface area contributed by atoms with Crippen LogP contribution in [0.3, 0.4) is 0 Å². The van der Waals surface area contributed by atoms with Crippen molar-refractivity contribution in [2.75, 3.05) is 6.54 Å². The highest BCUT2D eigenvalue weighted by molar-refractivity contribution is 7.12. The van der Waals surface area contributed by atoms with Crippen molar-refractivity contribution in [3.63, 3.8) is 0 Å². The number of thiophene rings is 1. The van der Waals surface area contributed by atoms with Crippen LogP contribution in [0.5, 0.6) is 0 Å². The van der Waals surface area contributed by atoms with E-state index in [2.05, 4.69) is 52.1 Å². The summed E-state index contributed by atoms with van der Waals surface area (Å²) in [5.74, 6) is 0.257. The molecule has 2 heterocycles. The Morgan fingerprint density at radius 1 is 1.35 bits per heavy atom. The molecule has 2 unspecified atom stereocenters. The van der Waals surface area contributed by atoms with Crippen LogP contribution in [0.15, 0.2) is 12.1 Å². The summed E-state index contributed by atoms with van der Waals surface area (Å²) in [5, 5.41) is 3.49. The molecular formula is C16H26N2OS. The van der Waals surface area contributed by atoms with E-state index in [0.29, 0.717) is 0 Å². The highest BCUT2D eigenvalue weighted by Crippen LogP contribution is 2.32. The van der Waals surface area contributed by atoms with Gasteiger partial charge in [0.25, 0.3) is 0 Å². The smallest absolute Gasteiger partial charge is 0.241 e. The highest BCUT2D eigenvalue weighted by atomic mass is 32.1. The Hall–Kier alpha value is -0.870. The molecule has 20 heavy (non-hydrogen) atoms. The van der Waals surface area contributed by atoms with E-state index in [1.807, 2.05) is 4.90 Å². The number of hydrogen-bond donors (Lipinski definition) is 1. The summed E-state index contributed by atoms with van der Waals surface area (Å²) in [6, 6.07) is 4.25. The molecule has 1 aliphatic rings. The van der Waals surface area contributed by atoms with E-state index in [4.69, 9.17) is 0 Å². The van der Waals surface area contributed by atoms with Crippen LogP contribution in [-0.4, -0.2) is 23.4 Å². The maximum atomic E-state index is 12.5. The van der Waals surface area contributed by atoms with Gasteiger partial charge in [0.2, 0.25) is 5.91 Å². The van der Waals surface area contributed by atoms with Crippen LogP contribution in [0.2, 0.25) is 0 Å². The second-order valence-corrected chi connectivity index (χ2v) is 8.14. The summed E-state index contributed by atoms with van der Waals surface area (Å²) in [4.78, 5) is 17.1. The standard InChI is InChI=1S/C16H26N2OS/c1-6-12-15(19)18(10-9-16(3,4)5)14(17-12)13-8-7-11(2)20-13/h7-8,12,14,17H,6,9-10H2,1-5H3. The number of hydrogen-bond acceptors (Lipinski definition) is 3. The number of amides is 1. The minimum absolute atomic E-state index is 0.0256. The van der Waals surface area contributed by atoms with Gasteiger partial charge in [-0.15, -0.1) is 11.3 Å². The van der Waals surface area contributed by atoms with Gasteiger partial charge in [0.15, 0.2) is 0 Å². The first-order valence-corrected chi connectivity index (χ1v) is 8.26. The monoisotopic (exact) mass is 294 g/mol. The van der Waals surface area contributed by atoms with Gasteiger partial charge in [-0.3, -0.25) is 10.1 Å². The molecule has 1 aliphatic heterocycles. The molecule has 3 nitrogen and oxygen atoms in total. The van der Waals surface area contributed by atoms with Crippen molar-refractivity contribution >= 4 is 17.2 Å². The number of carbonyl (C=O) groups is 1. The number of nitrogens with one attached hydrogen (secondary N) is 1. The number of aryl methyl sites for hydroxylation is 1. The van der Waals surface area contributed by atoms with Crippen LogP contribution in [0.25, 0.3) is 0 Å². The molecule has 1 aromatic rings. The zero-order valence-electron chi connectivity index (χ0n) is 13.2. The van der Waals surface area contributed by atoms with Gasteiger partial charge in [-0.05, 0) is 37.3 Å². The maximum absolute atomic E-state index is 12.5. The Labute approximate surface area is 126 Å². The highest BCUT2D eigenvalue weighted by Gasteiger charge is 2.39. The van der Waals surface area contributed by atoms with Crippen molar-refractivity contribution in [1.29, 1.82) is 0 Å². The Bertz CT molecular complexity index is 475. The molecule has 0 aliphatic carbocycles. The van der Waals surface area contributed by atoms with Gasteiger partial charge in [-0.25, -0.2) is 0 Å². The lowest BCUT2D eigenvalue weighted by Gasteiger charge is -2.27. The molecule has 4 heteroatoms. The molecule has 0 spiro atoms. The summed E-state index contributed by atoms with van der Waals surface area (Å²) >= 11 is 1.78. The fraction of sp³-hybridized carbons (Fsp3) is 0.688. The molecule has 2 rings (SSSR count). The van der Waals surface area contributed by atoms with Gasteiger partial charge in [0.1, 0.15) is 6.17 Å². The fourth-order valence-electron chi connectivity index (χ4n) is 2.50. The molecule has 112 valence electrons. The lowest BCUT2D eigenvalue weighted by Crippen LogP contribution is -2.33. The predicted molar refractivity (Wildman–Crippen MR) is 84.8 cm³/mol. The van der Waals surface area contributed by atoms with Crippen molar-refractivity contribution in [2.24, 2.45) is 5.41 Å². The van der Waals surface area contributed by atoms with Crippen molar-refractivity contribution in [3.8, 4) is 0 Å². The third-order valence-electron chi connectivity index (χ3n) is 3.79. The van der Waals surface area contributed by atoms with E-state index in [-0.39, 0.29) is 23.5 Å². The van der Waals surface area contributed by atoms with E-state index in [0.717, 1.165) is 19.4 Å². The van der Waals surface area contributed by atoms with E-state index in [9.17, 15) is 4.79 Å². The lowest BCUT2D eigenvalue weighted by molar-refractivity contribution is -0.130. The Morgan fingerprint density at radius 3 is 2.55 bits per heavy atom. The first-order valence-electron chi connectivity index (χ1n) is 7.44. The average molecular weight is 294 g/mol. The minimum Gasteiger partial charge on any atom is -0.321 e. The van der Waals surface area contributed by atoms with Gasteiger partial charge >= 0.3 is 0 Å². The molecule has 0 aromatic carbocycles. The summed E-state index contributed by atoms with van der Waals surface area (Å²) in [5.41, 5.74) is 0.250. The van der Waals surface area contributed by atoms with Crippen LogP contribution in [0, 0.1) is 12.3 Å². The van der Waals surface area contributed by atoms with Crippen LogP contribution in [-0.2, 0) is 4.79 Å². The van der Waals surface area contributed by atoms with E-state index in [1.165, 1.54) is 9.75 Å². The molecule has 1 saturated heterocycles. The zero-order chi connectivity index (χ0) is 14.9. The number of nitrogens with zero attached hydrogens (tertiary/aromatic N) is 1. The topological polar surface area (TPSA) is 32.3 Å². The molecule has 1 N–H and O–H groups in total. The molecule has 1 fully saturated rings. The van der Waals surface area contributed by atoms with Crippen LogP contribution in [0.4, 0.5) is 0 Å². The normalized spacial score (nSPS) is 23.6. The number of rotatable bonds is 4.